The second-order valence-electron chi connectivity index (χ2n) is 11.1. The Morgan fingerprint density at radius 3 is 2.60 bits per heavy atom. The molecule has 42 heavy (non-hydrogen) atoms. The van der Waals surface area contributed by atoms with Crippen LogP contribution in [0.3, 0.4) is 0 Å². The molecule has 0 atom stereocenters. The third-order valence-electron chi connectivity index (χ3n) is 7.81. The van der Waals surface area contributed by atoms with Crippen molar-refractivity contribution in [3.8, 4) is 34.1 Å². The first-order valence-corrected chi connectivity index (χ1v) is 15.0. The predicted molar refractivity (Wildman–Crippen MR) is 154 cm³/mol. The van der Waals surface area contributed by atoms with Crippen LogP contribution in [0.1, 0.15) is 24.1 Å². The molecule has 2 fully saturated rings. The molecule has 7 rings (SSSR count). The maximum atomic E-state index is 13.8. The molecule has 2 aromatic carbocycles. The van der Waals surface area contributed by atoms with E-state index in [1.54, 1.807) is 54.9 Å². The first kappa shape index (κ1) is 26.4. The highest BCUT2D eigenvalue weighted by Crippen LogP contribution is 2.38. The average molecular weight is 582 g/mol. The van der Waals surface area contributed by atoms with E-state index in [1.807, 2.05) is 18.3 Å². The first-order valence-electron chi connectivity index (χ1n) is 13.5. The zero-order valence-corrected chi connectivity index (χ0v) is 23.6. The number of ether oxygens (including phenoxy) is 3. The van der Waals surface area contributed by atoms with Crippen molar-refractivity contribution in [2.24, 2.45) is 5.41 Å². The molecule has 2 aliphatic rings. The lowest BCUT2D eigenvalue weighted by atomic mass is 9.90. The van der Waals surface area contributed by atoms with E-state index in [9.17, 15) is 13.7 Å². The van der Waals surface area contributed by atoms with Gasteiger partial charge in [0, 0.05) is 46.1 Å². The van der Waals surface area contributed by atoms with Gasteiger partial charge >= 0.3 is 0 Å². The van der Waals surface area contributed by atoms with Gasteiger partial charge in [0.05, 0.1) is 55.1 Å². The molecule has 2 saturated heterocycles. The molecule has 0 radical (unpaired) electrons. The van der Waals surface area contributed by atoms with Crippen molar-refractivity contribution in [3.63, 3.8) is 0 Å². The molecule has 0 spiro atoms. The van der Waals surface area contributed by atoms with Gasteiger partial charge in [0.15, 0.2) is 5.65 Å². The van der Waals surface area contributed by atoms with Gasteiger partial charge in [-0.1, -0.05) is 31.2 Å². The number of H-pyrrole nitrogens is 1. The molecular weight excluding hydrogens is 554 g/mol. The summed E-state index contributed by atoms with van der Waals surface area (Å²) in [4.78, 5) is 4.81. The zero-order valence-electron chi connectivity index (χ0n) is 22.8. The number of pyridine rings is 1. The fourth-order valence-corrected chi connectivity index (χ4v) is 6.62. The highest BCUT2D eigenvalue weighted by atomic mass is 32.2. The molecule has 3 aromatic heterocycles. The summed E-state index contributed by atoms with van der Waals surface area (Å²) in [6.07, 6.45) is 5.06. The molecule has 2 aliphatic heterocycles. The molecule has 0 saturated carbocycles. The highest BCUT2D eigenvalue weighted by molar-refractivity contribution is 7.90. The van der Waals surface area contributed by atoms with Crippen LogP contribution < -0.4 is 4.74 Å². The number of hydrogen-bond acceptors (Lipinski definition) is 8. The number of nitrogens with zero attached hydrogens (tertiary/aromatic N) is 4. The van der Waals surface area contributed by atoms with Crippen molar-refractivity contribution >= 4 is 21.1 Å². The normalized spacial score (nSPS) is 16.5. The Labute approximate surface area is 242 Å². The Morgan fingerprint density at radius 1 is 1.10 bits per heavy atom. The smallest absolute Gasteiger partial charge is 0.269 e. The monoisotopic (exact) mass is 581 g/mol. The molecule has 212 valence electrons. The lowest BCUT2D eigenvalue weighted by molar-refractivity contribution is -0.120. The van der Waals surface area contributed by atoms with Crippen LogP contribution in [-0.4, -0.2) is 60.6 Å². The number of hydrogen-bond donors (Lipinski definition) is 1. The van der Waals surface area contributed by atoms with E-state index < -0.39 is 10.0 Å². The van der Waals surface area contributed by atoms with Crippen molar-refractivity contribution in [2.75, 3.05) is 33.0 Å². The van der Waals surface area contributed by atoms with Crippen LogP contribution in [0.4, 0.5) is 0 Å². The van der Waals surface area contributed by atoms with Gasteiger partial charge in [0.25, 0.3) is 10.0 Å². The lowest BCUT2D eigenvalue weighted by Crippen LogP contribution is -2.44. The van der Waals surface area contributed by atoms with Crippen LogP contribution in [-0.2, 0) is 19.5 Å². The van der Waals surface area contributed by atoms with E-state index in [4.69, 9.17) is 14.2 Å². The summed E-state index contributed by atoms with van der Waals surface area (Å²) in [5.41, 5.74) is 4.42. The Kier molecular flexibility index (Phi) is 6.35. The van der Waals surface area contributed by atoms with Crippen molar-refractivity contribution in [1.29, 1.82) is 5.26 Å². The number of aromatic nitrogens is 4. The van der Waals surface area contributed by atoms with Crippen molar-refractivity contribution in [2.45, 2.75) is 17.7 Å². The van der Waals surface area contributed by atoms with E-state index in [0.29, 0.717) is 60.9 Å². The summed E-state index contributed by atoms with van der Waals surface area (Å²) >= 11 is 0. The van der Waals surface area contributed by atoms with E-state index in [-0.39, 0.29) is 21.9 Å². The molecule has 0 unspecified atom stereocenters. The summed E-state index contributed by atoms with van der Waals surface area (Å²) < 4.78 is 45.5. The van der Waals surface area contributed by atoms with Crippen LogP contribution in [0.15, 0.2) is 78.1 Å². The lowest BCUT2D eigenvalue weighted by Gasteiger charge is -2.37. The Bertz CT molecular complexity index is 1950. The molecule has 0 aliphatic carbocycles. The van der Waals surface area contributed by atoms with Gasteiger partial charge in [-0.3, -0.25) is 5.10 Å². The number of nitriles is 1. The minimum atomic E-state index is -3.96. The number of fused-ring (bicyclic) bond motifs is 1. The largest absolute Gasteiger partial charge is 0.491 e. The van der Waals surface area contributed by atoms with Gasteiger partial charge < -0.3 is 14.2 Å². The number of nitrogens with one attached hydrogen (secondary N) is 1. The first-order chi connectivity index (χ1) is 20.4. The summed E-state index contributed by atoms with van der Waals surface area (Å²) in [7, 11) is -3.96. The topological polar surface area (TPSA) is 132 Å². The maximum absolute atomic E-state index is 13.8. The van der Waals surface area contributed by atoms with Gasteiger partial charge in [-0.15, -0.1) is 0 Å². The van der Waals surface area contributed by atoms with E-state index in [1.165, 1.54) is 3.97 Å². The fraction of sp³-hybridized carbons (Fsp3) is 0.258. The summed E-state index contributed by atoms with van der Waals surface area (Å²) in [5.74, 6) is 0.656. The van der Waals surface area contributed by atoms with E-state index >= 15 is 0 Å². The van der Waals surface area contributed by atoms with Crippen molar-refractivity contribution in [3.05, 3.63) is 84.4 Å². The predicted octanol–water partition coefficient (Wildman–Crippen LogP) is 4.73. The van der Waals surface area contributed by atoms with Gasteiger partial charge in [-0.25, -0.2) is 17.4 Å². The maximum Gasteiger partial charge on any atom is 0.269 e. The van der Waals surface area contributed by atoms with Gasteiger partial charge in [0.1, 0.15) is 11.8 Å². The third kappa shape index (κ3) is 4.44. The van der Waals surface area contributed by atoms with Gasteiger partial charge in [-0.05, 0) is 35.9 Å². The molecular formula is C31H27N5O5S. The van der Waals surface area contributed by atoms with Crippen LogP contribution >= 0.6 is 0 Å². The Hall–Kier alpha value is -4.50. The van der Waals surface area contributed by atoms with Gasteiger partial charge in [-0.2, -0.15) is 10.4 Å². The second kappa shape index (κ2) is 10.1. The third-order valence-corrected chi connectivity index (χ3v) is 9.47. The number of benzene rings is 2. The molecule has 5 heterocycles. The summed E-state index contributed by atoms with van der Waals surface area (Å²) in [6, 6.07) is 17.7. The molecule has 5 aromatic rings. The summed E-state index contributed by atoms with van der Waals surface area (Å²) in [5, 5.41) is 18.0. The quantitative estimate of drug-likeness (QED) is 0.278. The zero-order chi connectivity index (χ0) is 28.9. The molecule has 1 N–H and O–H groups in total. The average Bonchev–Trinajstić information content (AvgIpc) is 3.60. The highest BCUT2D eigenvalue weighted by Gasteiger charge is 2.34. The minimum Gasteiger partial charge on any atom is -0.491 e. The fourth-order valence-electron chi connectivity index (χ4n) is 5.28. The molecule has 11 heteroatoms. The second-order valence-corrected chi connectivity index (χ2v) is 12.9. The van der Waals surface area contributed by atoms with Crippen LogP contribution in [0.5, 0.6) is 5.75 Å². The summed E-state index contributed by atoms with van der Waals surface area (Å²) in [6.45, 7) is 4.94. The van der Waals surface area contributed by atoms with E-state index in [0.717, 1.165) is 16.8 Å². The van der Waals surface area contributed by atoms with Crippen LogP contribution in [0, 0.1) is 16.7 Å². The Balaban J connectivity index is 1.36. The standard InChI is InChI=1S/C31H27N5O5S/c1-31(17-40-18-31)19-41-28-8-7-20(9-21(28)11-32)27-14-36(42(37,38)24-5-3-2-4-6-24)30-25(27)10-22(12-33-30)26-13-34-35-29(26)23-15-39-16-23/h2-10,12-14,23H,15-19H2,1H3,(H,34,35). The van der Waals surface area contributed by atoms with E-state index in [2.05, 4.69) is 28.2 Å². The number of aromatic amines is 1. The molecule has 0 bridgehead atoms. The molecule has 0 amide bonds. The SMILES string of the molecule is CC1(COc2ccc(-c3cn(S(=O)(=O)c4ccccc4)c4ncc(-c5c[nH]nc5C5COC5)cc34)cc2C#N)COC1. The van der Waals surface area contributed by atoms with Crippen LogP contribution in [0.2, 0.25) is 0 Å². The van der Waals surface area contributed by atoms with Crippen molar-refractivity contribution in [1.82, 2.24) is 19.2 Å². The Morgan fingerprint density at radius 2 is 1.90 bits per heavy atom. The van der Waals surface area contributed by atoms with Crippen molar-refractivity contribution < 1.29 is 22.6 Å². The minimum absolute atomic E-state index is 0.0791. The van der Waals surface area contributed by atoms with Gasteiger partial charge in [0.2, 0.25) is 0 Å². The van der Waals surface area contributed by atoms with Crippen LogP contribution in [0.25, 0.3) is 33.3 Å². The number of rotatable bonds is 8. The molecule has 10 nitrogen and oxygen atoms in total.